The van der Waals surface area contributed by atoms with E-state index in [0.29, 0.717) is 11.6 Å². The lowest BCUT2D eigenvalue weighted by Gasteiger charge is -2.17. The number of halogens is 1. The lowest BCUT2D eigenvalue weighted by atomic mass is 10.1. The molecule has 0 spiro atoms. The highest BCUT2D eigenvalue weighted by Crippen LogP contribution is 2.35. The monoisotopic (exact) mass is 376 g/mol. The summed E-state index contributed by atoms with van der Waals surface area (Å²) in [6, 6.07) is 7.08. The predicted molar refractivity (Wildman–Crippen MR) is 98.7 cm³/mol. The molecule has 0 aliphatic carbocycles. The number of benzene rings is 1. The Hall–Kier alpha value is -1.99. The number of hydrogen-bond donors (Lipinski definition) is 1. The van der Waals surface area contributed by atoms with Crippen LogP contribution in [-0.2, 0) is 28.1 Å². The summed E-state index contributed by atoms with van der Waals surface area (Å²) in [5.74, 6) is 1.94. The van der Waals surface area contributed by atoms with Gasteiger partial charge in [0.15, 0.2) is 0 Å². The Morgan fingerprint density at radius 3 is 2.84 bits per heavy atom. The molecule has 1 aromatic carbocycles. The maximum Gasteiger partial charge on any atom is 0.230 e. The van der Waals surface area contributed by atoms with Crippen LogP contribution < -0.4 is 10.2 Å². The second-order valence-electron chi connectivity index (χ2n) is 6.26. The predicted octanol–water partition coefficient (Wildman–Crippen LogP) is 2.81. The molecule has 0 unspecified atom stereocenters. The molecular formula is C17H17ClN4O2S. The number of nitrogens with one attached hydrogen (secondary N) is 1. The van der Waals surface area contributed by atoms with Crippen molar-refractivity contribution in [3.8, 4) is 0 Å². The van der Waals surface area contributed by atoms with E-state index in [4.69, 9.17) is 11.6 Å². The van der Waals surface area contributed by atoms with E-state index in [9.17, 15) is 9.59 Å². The van der Waals surface area contributed by atoms with Gasteiger partial charge in [0.25, 0.3) is 0 Å². The fourth-order valence-electron chi connectivity index (χ4n) is 3.27. The Kier molecular flexibility index (Phi) is 4.21. The molecule has 25 heavy (non-hydrogen) atoms. The Morgan fingerprint density at radius 2 is 2.08 bits per heavy atom. The fraction of sp³-hybridized carbons (Fsp3) is 0.353. The number of aryl methyl sites for hydroxylation is 1. The van der Waals surface area contributed by atoms with Crippen molar-refractivity contribution in [3.05, 3.63) is 40.5 Å². The summed E-state index contributed by atoms with van der Waals surface area (Å²) in [5, 5.41) is 8.05. The fourth-order valence-corrected chi connectivity index (χ4v) is 4.43. The van der Waals surface area contributed by atoms with Gasteiger partial charge < -0.3 is 10.2 Å². The summed E-state index contributed by atoms with van der Waals surface area (Å²) < 4.78 is 1.72. The van der Waals surface area contributed by atoms with Crippen LogP contribution in [0.2, 0.25) is 5.02 Å². The number of hydrogen-bond acceptors (Lipinski definition) is 4. The highest BCUT2D eigenvalue weighted by atomic mass is 35.5. The average molecular weight is 377 g/mol. The normalized spacial score (nSPS) is 19.4. The molecule has 6 nitrogen and oxygen atoms in total. The smallest absolute Gasteiger partial charge is 0.230 e. The van der Waals surface area contributed by atoms with E-state index in [1.54, 1.807) is 45.6 Å². The molecule has 2 amide bonds. The number of anilines is 2. The number of thioether (sulfide) groups is 1. The molecule has 0 radical (unpaired) electrons. The van der Waals surface area contributed by atoms with Gasteiger partial charge in [-0.3, -0.25) is 14.3 Å². The van der Waals surface area contributed by atoms with Gasteiger partial charge >= 0.3 is 0 Å². The van der Waals surface area contributed by atoms with Crippen LogP contribution >= 0.6 is 23.4 Å². The summed E-state index contributed by atoms with van der Waals surface area (Å²) in [4.78, 5) is 26.6. The van der Waals surface area contributed by atoms with Gasteiger partial charge in [0, 0.05) is 47.8 Å². The van der Waals surface area contributed by atoms with Crippen molar-refractivity contribution in [1.29, 1.82) is 0 Å². The summed E-state index contributed by atoms with van der Waals surface area (Å²) in [6.45, 7) is 0.376. The quantitative estimate of drug-likeness (QED) is 0.894. The molecule has 1 saturated heterocycles. The molecule has 1 aromatic heterocycles. The second kappa shape index (κ2) is 6.38. The van der Waals surface area contributed by atoms with Crippen molar-refractivity contribution in [3.63, 3.8) is 0 Å². The third-order valence-corrected chi connectivity index (χ3v) is 5.81. The number of amides is 2. The van der Waals surface area contributed by atoms with Gasteiger partial charge in [0.1, 0.15) is 5.82 Å². The average Bonchev–Trinajstić information content (AvgIpc) is 3.26. The topological polar surface area (TPSA) is 67.2 Å². The maximum absolute atomic E-state index is 12.7. The lowest BCUT2D eigenvalue weighted by molar-refractivity contribution is -0.122. The zero-order chi connectivity index (χ0) is 17.6. The Labute approximate surface area is 154 Å². The van der Waals surface area contributed by atoms with E-state index < -0.39 is 0 Å². The Morgan fingerprint density at radius 1 is 1.32 bits per heavy atom. The minimum Gasteiger partial charge on any atom is -0.312 e. The van der Waals surface area contributed by atoms with Gasteiger partial charge in [-0.25, -0.2) is 0 Å². The van der Waals surface area contributed by atoms with Gasteiger partial charge in [-0.15, -0.1) is 0 Å². The van der Waals surface area contributed by atoms with E-state index in [1.165, 1.54) is 0 Å². The summed E-state index contributed by atoms with van der Waals surface area (Å²) in [7, 11) is 1.83. The molecule has 8 heteroatoms. The third-order valence-electron chi connectivity index (χ3n) is 4.59. The van der Waals surface area contributed by atoms with Crippen LogP contribution in [0.3, 0.4) is 0 Å². The van der Waals surface area contributed by atoms with Crippen LogP contribution in [0, 0.1) is 5.92 Å². The Balaban J connectivity index is 1.49. The van der Waals surface area contributed by atoms with Crippen molar-refractivity contribution in [2.45, 2.75) is 17.9 Å². The molecule has 0 bridgehead atoms. The minimum atomic E-state index is -0.372. The number of carbonyl (C=O) groups excluding carboxylic acids is 2. The maximum atomic E-state index is 12.7. The molecule has 0 saturated carbocycles. The molecule has 130 valence electrons. The Bertz CT molecular complexity index is 849. The zero-order valence-corrected chi connectivity index (χ0v) is 15.2. The van der Waals surface area contributed by atoms with Gasteiger partial charge in [-0.1, -0.05) is 11.6 Å². The number of aromatic nitrogens is 2. The van der Waals surface area contributed by atoms with Crippen LogP contribution in [0.15, 0.2) is 24.3 Å². The SMILES string of the molecule is Cn1nc2c(c1NC(=O)[C@H]1CC(=O)N(c3ccc(Cl)cc3)C1)CSC2. The van der Waals surface area contributed by atoms with Crippen LogP contribution in [0.4, 0.5) is 11.5 Å². The molecular weight excluding hydrogens is 360 g/mol. The van der Waals surface area contributed by atoms with E-state index >= 15 is 0 Å². The molecule has 2 aliphatic rings. The van der Waals surface area contributed by atoms with Crippen LogP contribution in [-0.4, -0.2) is 28.1 Å². The van der Waals surface area contributed by atoms with Crippen LogP contribution in [0.25, 0.3) is 0 Å². The van der Waals surface area contributed by atoms with E-state index in [0.717, 1.165) is 34.3 Å². The molecule has 2 aliphatic heterocycles. The van der Waals surface area contributed by atoms with Crippen molar-refractivity contribution in [2.24, 2.45) is 13.0 Å². The van der Waals surface area contributed by atoms with Crippen LogP contribution in [0.1, 0.15) is 17.7 Å². The van der Waals surface area contributed by atoms with E-state index in [-0.39, 0.29) is 24.2 Å². The van der Waals surface area contributed by atoms with Crippen molar-refractivity contribution in [2.75, 3.05) is 16.8 Å². The molecule has 1 fully saturated rings. The minimum absolute atomic E-state index is 0.0479. The molecule has 2 aromatic rings. The lowest BCUT2D eigenvalue weighted by Crippen LogP contribution is -2.28. The van der Waals surface area contributed by atoms with Gasteiger partial charge in [-0.2, -0.15) is 16.9 Å². The van der Waals surface area contributed by atoms with Gasteiger partial charge in [-0.05, 0) is 24.3 Å². The number of nitrogens with zero attached hydrogens (tertiary/aromatic N) is 3. The molecule has 3 heterocycles. The van der Waals surface area contributed by atoms with Crippen molar-refractivity contribution >= 4 is 46.7 Å². The number of fused-ring (bicyclic) bond motifs is 1. The van der Waals surface area contributed by atoms with Crippen LogP contribution in [0.5, 0.6) is 0 Å². The standard InChI is InChI=1S/C17H17ClN4O2S/c1-21-16(13-8-25-9-14(13)20-21)19-17(24)10-6-15(23)22(7-10)12-4-2-11(18)3-5-12/h2-5,10H,6-9H2,1H3,(H,19,24)/t10-/m0/s1. The summed E-state index contributed by atoms with van der Waals surface area (Å²) in [6.07, 6.45) is 0.212. The molecule has 4 rings (SSSR count). The number of carbonyl (C=O) groups is 2. The highest BCUT2D eigenvalue weighted by Gasteiger charge is 2.36. The highest BCUT2D eigenvalue weighted by molar-refractivity contribution is 7.98. The third kappa shape index (κ3) is 3.02. The van der Waals surface area contributed by atoms with Crippen molar-refractivity contribution < 1.29 is 9.59 Å². The van der Waals surface area contributed by atoms with Gasteiger partial charge in [0.2, 0.25) is 11.8 Å². The molecule has 1 atom stereocenters. The summed E-state index contributed by atoms with van der Waals surface area (Å²) >= 11 is 7.69. The first-order chi connectivity index (χ1) is 12.0. The van der Waals surface area contributed by atoms with E-state index in [1.807, 2.05) is 7.05 Å². The second-order valence-corrected chi connectivity index (χ2v) is 7.68. The largest absolute Gasteiger partial charge is 0.312 e. The first kappa shape index (κ1) is 16.5. The van der Waals surface area contributed by atoms with Gasteiger partial charge in [0.05, 0.1) is 11.6 Å². The first-order valence-electron chi connectivity index (χ1n) is 8.02. The zero-order valence-electron chi connectivity index (χ0n) is 13.7. The molecule has 1 N–H and O–H groups in total. The first-order valence-corrected chi connectivity index (χ1v) is 9.55. The summed E-state index contributed by atoms with van der Waals surface area (Å²) in [5.41, 5.74) is 2.90. The van der Waals surface area contributed by atoms with Crippen molar-refractivity contribution in [1.82, 2.24) is 9.78 Å². The number of rotatable bonds is 3. The van der Waals surface area contributed by atoms with E-state index in [2.05, 4.69) is 10.4 Å².